The second-order valence-corrected chi connectivity index (χ2v) is 3.88. The Hall–Kier alpha value is -2.43. The van der Waals surface area contributed by atoms with Crippen LogP contribution in [0.5, 0.6) is 0 Å². The topological polar surface area (TPSA) is 66.9 Å². The molecule has 2 N–H and O–H groups in total. The zero-order valence-electron chi connectivity index (χ0n) is 10.3. The molecule has 0 saturated heterocycles. The minimum atomic E-state index is -0.179. The molecule has 2 aromatic heterocycles. The largest absolute Gasteiger partial charge is 0.373 e. The van der Waals surface area contributed by atoms with Gasteiger partial charge in [-0.05, 0) is 30.7 Å². The molecule has 0 aliphatic carbocycles. The summed E-state index contributed by atoms with van der Waals surface area (Å²) >= 11 is 0. The number of anilines is 2. The van der Waals surface area contributed by atoms with Gasteiger partial charge in [0, 0.05) is 25.0 Å². The van der Waals surface area contributed by atoms with Crippen molar-refractivity contribution >= 4 is 17.4 Å². The Labute approximate surface area is 105 Å². The molecule has 2 heterocycles. The lowest BCUT2D eigenvalue weighted by molar-refractivity contribution is 0.102. The van der Waals surface area contributed by atoms with Gasteiger partial charge < -0.3 is 10.6 Å². The van der Waals surface area contributed by atoms with Crippen LogP contribution in [0.15, 0.2) is 36.8 Å². The number of hydrogen-bond acceptors (Lipinski definition) is 4. The molecule has 5 nitrogen and oxygen atoms in total. The zero-order valence-corrected chi connectivity index (χ0v) is 10.3. The van der Waals surface area contributed by atoms with Crippen LogP contribution in [0, 0.1) is 6.92 Å². The Balaban J connectivity index is 2.16. The fourth-order valence-electron chi connectivity index (χ4n) is 1.54. The number of nitrogens with one attached hydrogen (secondary N) is 2. The van der Waals surface area contributed by atoms with Crippen molar-refractivity contribution in [3.8, 4) is 0 Å². The number of carbonyl (C=O) groups is 1. The summed E-state index contributed by atoms with van der Waals surface area (Å²) in [6.45, 7) is 1.92. The van der Waals surface area contributed by atoms with Gasteiger partial charge in [-0.15, -0.1) is 0 Å². The fraction of sp³-hybridized carbons (Fsp3) is 0.154. The van der Waals surface area contributed by atoms with Crippen LogP contribution in [0.4, 0.5) is 11.5 Å². The van der Waals surface area contributed by atoms with E-state index in [9.17, 15) is 4.79 Å². The Kier molecular flexibility index (Phi) is 3.52. The first-order valence-corrected chi connectivity index (χ1v) is 5.56. The summed E-state index contributed by atoms with van der Waals surface area (Å²) in [5.41, 5.74) is 2.23. The van der Waals surface area contributed by atoms with E-state index in [2.05, 4.69) is 20.6 Å². The highest BCUT2D eigenvalue weighted by atomic mass is 16.1. The second kappa shape index (κ2) is 5.27. The van der Waals surface area contributed by atoms with E-state index in [1.54, 1.807) is 37.8 Å². The molecular weight excluding hydrogens is 228 g/mol. The van der Waals surface area contributed by atoms with Gasteiger partial charge in [-0.1, -0.05) is 0 Å². The molecule has 92 valence electrons. The first kappa shape index (κ1) is 12.0. The maximum absolute atomic E-state index is 12.0. The minimum absolute atomic E-state index is 0.179. The van der Waals surface area contributed by atoms with E-state index in [0.717, 1.165) is 5.56 Å². The number of amides is 1. The molecule has 18 heavy (non-hydrogen) atoms. The van der Waals surface area contributed by atoms with Gasteiger partial charge in [0.1, 0.15) is 5.82 Å². The Morgan fingerprint density at radius 3 is 2.83 bits per heavy atom. The molecule has 0 spiro atoms. The van der Waals surface area contributed by atoms with Crippen molar-refractivity contribution in [1.82, 2.24) is 9.97 Å². The molecule has 0 aliphatic heterocycles. The Morgan fingerprint density at radius 1 is 1.28 bits per heavy atom. The van der Waals surface area contributed by atoms with Gasteiger partial charge in [-0.2, -0.15) is 0 Å². The molecule has 0 aromatic carbocycles. The Bertz CT molecular complexity index is 568. The first-order chi connectivity index (χ1) is 8.69. The maximum atomic E-state index is 12.0. The van der Waals surface area contributed by atoms with E-state index < -0.39 is 0 Å². The van der Waals surface area contributed by atoms with Crippen LogP contribution < -0.4 is 10.6 Å². The number of rotatable bonds is 3. The van der Waals surface area contributed by atoms with E-state index in [4.69, 9.17) is 0 Å². The third-order valence-electron chi connectivity index (χ3n) is 2.41. The summed E-state index contributed by atoms with van der Waals surface area (Å²) in [6, 6.07) is 5.23. The van der Waals surface area contributed by atoms with E-state index in [1.165, 1.54) is 0 Å². The standard InChI is InChI=1S/C13H14N4O/c1-9-5-11(8-15-7-9)17-13(18)10-3-4-16-12(6-10)14-2/h3-8H,1-2H3,(H,14,16)(H,17,18). The summed E-state index contributed by atoms with van der Waals surface area (Å²) in [5.74, 6) is 0.478. The van der Waals surface area contributed by atoms with Crippen molar-refractivity contribution < 1.29 is 4.79 Å². The molecule has 0 radical (unpaired) electrons. The second-order valence-electron chi connectivity index (χ2n) is 3.88. The lowest BCUT2D eigenvalue weighted by Gasteiger charge is -2.06. The molecule has 0 fully saturated rings. The number of carbonyl (C=O) groups excluding carboxylic acids is 1. The number of aromatic nitrogens is 2. The van der Waals surface area contributed by atoms with E-state index in [1.807, 2.05) is 13.0 Å². The van der Waals surface area contributed by atoms with Gasteiger partial charge >= 0.3 is 0 Å². The number of nitrogens with zero attached hydrogens (tertiary/aromatic N) is 2. The lowest BCUT2D eigenvalue weighted by atomic mass is 10.2. The fourth-order valence-corrected chi connectivity index (χ4v) is 1.54. The van der Waals surface area contributed by atoms with Crippen molar-refractivity contribution in [3.05, 3.63) is 47.9 Å². The van der Waals surface area contributed by atoms with E-state index in [0.29, 0.717) is 17.1 Å². The molecule has 0 bridgehead atoms. The molecule has 2 rings (SSSR count). The summed E-state index contributed by atoms with van der Waals surface area (Å²) < 4.78 is 0. The van der Waals surface area contributed by atoms with Crippen molar-refractivity contribution in [2.24, 2.45) is 0 Å². The molecule has 2 aromatic rings. The van der Waals surface area contributed by atoms with Gasteiger partial charge in [0.05, 0.1) is 11.9 Å². The lowest BCUT2D eigenvalue weighted by Crippen LogP contribution is -2.12. The maximum Gasteiger partial charge on any atom is 0.255 e. The predicted molar refractivity (Wildman–Crippen MR) is 70.7 cm³/mol. The highest BCUT2D eigenvalue weighted by molar-refractivity contribution is 6.04. The zero-order chi connectivity index (χ0) is 13.0. The normalized spacial score (nSPS) is 9.89. The van der Waals surface area contributed by atoms with Crippen LogP contribution in [0.2, 0.25) is 0 Å². The van der Waals surface area contributed by atoms with Crippen LogP contribution in [0.3, 0.4) is 0 Å². The molecule has 1 amide bonds. The third-order valence-corrected chi connectivity index (χ3v) is 2.41. The van der Waals surface area contributed by atoms with Crippen molar-refractivity contribution in [2.45, 2.75) is 6.92 Å². The number of pyridine rings is 2. The first-order valence-electron chi connectivity index (χ1n) is 5.56. The van der Waals surface area contributed by atoms with Crippen molar-refractivity contribution in [1.29, 1.82) is 0 Å². The van der Waals surface area contributed by atoms with Crippen molar-refractivity contribution in [3.63, 3.8) is 0 Å². The monoisotopic (exact) mass is 242 g/mol. The van der Waals surface area contributed by atoms with Crippen LogP contribution in [-0.4, -0.2) is 22.9 Å². The van der Waals surface area contributed by atoms with Crippen LogP contribution in [0.1, 0.15) is 15.9 Å². The summed E-state index contributed by atoms with van der Waals surface area (Å²) in [5, 5.41) is 5.69. The van der Waals surface area contributed by atoms with Crippen molar-refractivity contribution in [2.75, 3.05) is 17.7 Å². The number of aryl methyl sites for hydroxylation is 1. The summed E-state index contributed by atoms with van der Waals surface area (Å²) in [7, 11) is 1.76. The molecule has 0 unspecified atom stereocenters. The molecule has 0 aliphatic rings. The van der Waals surface area contributed by atoms with Crippen LogP contribution >= 0.6 is 0 Å². The quantitative estimate of drug-likeness (QED) is 0.864. The Morgan fingerprint density at radius 2 is 2.11 bits per heavy atom. The average molecular weight is 242 g/mol. The molecule has 0 saturated carbocycles. The van der Waals surface area contributed by atoms with E-state index >= 15 is 0 Å². The molecule has 5 heteroatoms. The molecular formula is C13H14N4O. The van der Waals surface area contributed by atoms with E-state index in [-0.39, 0.29) is 5.91 Å². The highest BCUT2D eigenvalue weighted by Gasteiger charge is 2.07. The summed E-state index contributed by atoms with van der Waals surface area (Å²) in [4.78, 5) is 20.1. The number of hydrogen-bond donors (Lipinski definition) is 2. The minimum Gasteiger partial charge on any atom is -0.373 e. The highest BCUT2D eigenvalue weighted by Crippen LogP contribution is 2.11. The van der Waals surface area contributed by atoms with Gasteiger partial charge in [0.2, 0.25) is 0 Å². The smallest absolute Gasteiger partial charge is 0.255 e. The van der Waals surface area contributed by atoms with Gasteiger partial charge in [-0.3, -0.25) is 9.78 Å². The van der Waals surface area contributed by atoms with Gasteiger partial charge in [0.15, 0.2) is 0 Å². The van der Waals surface area contributed by atoms with Crippen LogP contribution in [-0.2, 0) is 0 Å². The molecule has 0 atom stereocenters. The SMILES string of the molecule is CNc1cc(C(=O)Nc2cncc(C)c2)ccn1. The predicted octanol–water partition coefficient (Wildman–Crippen LogP) is 2.08. The third kappa shape index (κ3) is 2.82. The average Bonchev–Trinajstić information content (AvgIpc) is 2.39. The van der Waals surface area contributed by atoms with Gasteiger partial charge in [-0.25, -0.2) is 4.98 Å². The van der Waals surface area contributed by atoms with Crippen LogP contribution in [0.25, 0.3) is 0 Å². The summed E-state index contributed by atoms with van der Waals surface area (Å²) in [6.07, 6.45) is 4.95. The van der Waals surface area contributed by atoms with Gasteiger partial charge in [0.25, 0.3) is 5.91 Å².